The van der Waals surface area contributed by atoms with Gasteiger partial charge in [0.05, 0.1) is 7.11 Å². The molecule has 1 aromatic rings. The molecule has 2 fully saturated rings. The second-order valence-corrected chi connectivity index (χ2v) is 5.86. The molecular formula is C16H23NO. The Balaban J connectivity index is 1.63. The van der Waals surface area contributed by atoms with E-state index in [4.69, 9.17) is 4.74 Å². The van der Waals surface area contributed by atoms with Crippen molar-refractivity contribution in [2.45, 2.75) is 44.7 Å². The number of benzene rings is 1. The smallest absolute Gasteiger partial charge is 0.118 e. The number of ether oxygens (including phenoxy) is 1. The molecule has 0 heterocycles. The molecule has 0 amide bonds. The predicted octanol–water partition coefficient (Wildman–Crippen LogP) is 3.53. The van der Waals surface area contributed by atoms with E-state index in [0.717, 1.165) is 23.6 Å². The highest BCUT2D eigenvalue weighted by molar-refractivity contribution is 5.29. The maximum Gasteiger partial charge on any atom is 0.118 e. The molecule has 2 aliphatic carbocycles. The fourth-order valence-corrected chi connectivity index (χ4v) is 2.85. The molecule has 2 saturated carbocycles. The first-order valence-corrected chi connectivity index (χ1v) is 7.18. The Hall–Kier alpha value is -1.02. The Kier molecular flexibility index (Phi) is 3.29. The van der Waals surface area contributed by atoms with Crippen LogP contribution in [0.25, 0.3) is 0 Å². The number of hydrogen-bond acceptors (Lipinski definition) is 2. The van der Waals surface area contributed by atoms with Crippen LogP contribution in [0.1, 0.15) is 44.2 Å². The van der Waals surface area contributed by atoms with Gasteiger partial charge in [0.25, 0.3) is 0 Å². The van der Waals surface area contributed by atoms with Crippen LogP contribution in [0.2, 0.25) is 0 Å². The molecule has 3 rings (SSSR count). The second-order valence-electron chi connectivity index (χ2n) is 5.86. The lowest BCUT2D eigenvalue weighted by atomic mass is 10.0. The van der Waals surface area contributed by atoms with Gasteiger partial charge in [0.1, 0.15) is 5.75 Å². The first-order valence-electron chi connectivity index (χ1n) is 7.18. The summed E-state index contributed by atoms with van der Waals surface area (Å²) in [6.45, 7) is 2.28. The third-order valence-electron chi connectivity index (χ3n) is 4.32. The lowest BCUT2D eigenvalue weighted by Gasteiger charge is -2.23. The molecular weight excluding hydrogens is 222 g/mol. The summed E-state index contributed by atoms with van der Waals surface area (Å²) >= 11 is 0. The number of nitrogens with one attached hydrogen (secondary N) is 1. The van der Waals surface area contributed by atoms with E-state index in [9.17, 15) is 0 Å². The van der Waals surface area contributed by atoms with Crippen molar-refractivity contribution in [3.8, 4) is 5.75 Å². The van der Waals surface area contributed by atoms with Gasteiger partial charge < -0.3 is 10.1 Å². The highest BCUT2D eigenvalue weighted by atomic mass is 16.5. The number of methoxy groups -OCH3 is 1. The molecule has 0 aliphatic heterocycles. The normalized spacial score (nSPS) is 21.1. The van der Waals surface area contributed by atoms with Gasteiger partial charge in [0, 0.05) is 12.1 Å². The summed E-state index contributed by atoms with van der Waals surface area (Å²) in [7, 11) is 1.72. The maximum absolute atomic E-state index is 5.21. The van der Waals surface area contributed by atoms with Crippen molar-refractivity contribution in [1.29, 1.82) is 0 Å². The largest absolute Gasteiger partial charge is 0.497 e. The van der Waals surface area contributed by atoms with Crippen LogP contribution in [0.4, 0.5) is 0 Å². The average Bonchev–Trinajstić information content (AvgIpc) is 3.29. The zero-order valence-electron chi connectivity index (χ0n) is 11.4. The molecule has 1 atom stereocenters. The summed E-state index contributed by atoms with van der Waals surface area (Å²) in [5.74, 6) is 2.85. The quantitative estimate of drug-likeness (QED) is 0.827. The molecule has 18 heavy (non-hydrogen) atoms. The third-order valence-corrected chi connectivity index (χ3v) is 4.32. The second kappa shape index (κ2) is 4.93. The molecule has 0 saturated heterocycles. The van der Waals surface area contributed by atoms with Crippen LogP contribution >= 0.6 is 0 Å². The molecule has 1 aromatic carbocycles. The van der Waals surface area contributed by atoms with E-state index in [1.807, 2.05) is 0 Å². The van der Waals surface area contributed by atoms with Gasteiger partial charge in [-0.3, -0.25) is 0 Å². The highest BCUT2D eigenvalue weighted by Gasteiger charge is 2.41. The molecule has 98 valence electrons. The Morgan fingerprint density at radius 3 is 2.06 bits per heavy atom. The van der Waals surface area contributed by atoms with Crippen molar-refractivity contribution in [3.63, 3.8) is 0 Å². The van der Waals surface area contributed by atoms with E-state index in [0.29, 0.717) is 6.04 Å². The van der Waals surface area contributed by atoms with Crippen molar-refractivity contribution in [1.82, 2.24) is 5.32 Å². The zero-order chi connectivity index (χ0) is 12.5. The third kappa shape index (κ3) is 2.69. The average molecular weight is 245 g/mol. The van der Waals surface area contributed by atoms with Crippen LogP contribution in [0, 0.1) is 11.8 Å². The van der Waals surface area contributed by atoms with Gasteiger partial charge in [-0.25, -0.2) is 0 Å². The number of rotatable bonds is 6. The van der Waals surface area contributed by atoms with Crippen molar-refractivity contribution in [2.75, 3.05) is 7.11 Å². The van der Waals surface area contributed by atoms with Crippen LogP contribution in [0.3, 0.4) is 0 Å². The number of hydrogen-bond donors (Lipinski definition) is 1. The minimum absolute atomic E-state index is 0.446. The van der Waals surface area contributed by atoms with Crippen LogP contribution in [0.5, 0.6) is 5.75 Å². The monoisotopic (exact) mass is 245 g/mol. The van der Waals surface area contributed by atoms with Gasteiger partial charge in [0.2, 0.25) is 0 Å². The van der Waals surface area contributed by atoms with Gasteiger partial charge in [-0.05, 0) is 62.1 Å². The Morgan fingerprint density at radius 2 is 1.61 bits per heavy atom. The Labute approximate surface area is 110 Å². The van der Waals surface area contributed by atoms with E-state index < -0.39 is 0 Å². The first kappa shape index (κ1) is 12.0. The van der Waals surface area contributed by atoms with Gasteiger partial charge in [-0.1, -0.05) is 12.1 Å². The molecule has 0 aromatic heterocycles. The molecule has 2 nitrogen and oxygen atoms in total. The minimum Gasteiger partial charge on any atom is -0.497 e. The van der Waals surface area contributed by atoms with Crippen LogP contribution in [-0.2, 0) is 0 Å². The molecule has 0 spiro atoms. The standard InChI is InChI=1S/C16H23NO/c1-11(12-7-9-15(18-2)10-8-12)17-16(13-3-4-13)14-5-6-14/h7-11,13-14,16-17H,3-6H2,1-2H3/t11-/m0/s1. The maximum atomic E-state index is 5.21. The van der Waals surface area contributed by atoms with Crippen LogP contribution in [-0.4, -0.2) is 13.2 Å². The summed E-state index contributed by atoms with van der Waals surface area (Å²) < 4.78 is 5.21. The van der Waals surface area contributed by atoms with Crippen molar-refractivity contribution in [2.24, 2.45) is 11.8 Å². The van der Waals surface area contributed by atoms with Crippen molar-refractivity contribution in [3.05, 3.63) is 29.8 Å². The highest BCUT2D eigenvalue weighted by Crippen LogP contribution is 2.45. The molecule has 0 bridgehead atoms. The summed E-state index contributed by atoms with van der Waals surface area (Å²) in [5.41, 5.74) is 1.36. The van der Waals surface area contributed by atoms with Gasteiger partial charge >= 0.3 is 0 Å². The van der Waals surface area contributed by atoms with E-state index in [-0.39, 0.29) is 0 Å². The predicted molar refractivity (Wildman–Crippen MR) is 73.8 cm³/mol. The SMILES string of the molecule is COc1ccc([C@H](C)NC(C2CC2)C2CC2)cc1. The zero-order valence-corrected chi connectivity index (χ0v) is 11.4. The van der Waals surface area contributed by atoms with E-state index >= 15 is 0 Å². The lowest BCUT2D eigenvalue weighted by Crippen LogP contribution is -2.35. The summed E-state index contributed by atoms with van der Waals surface area (Å²) in [4.78, 5) is 0. The van der Waals surface area contributed by atoms with E-state index in [2.05, 4.69) is 36.5 Å². The van der Waals surface area contributed by atoms with Crippen molar-refractivity contribution < 1.29 is 4.74 Å². The first-order chi connectivity index (χ1) is 8.78. The molecule has 1 N–H and O–H groups in total. The van der Waals surface area contributed by atoms with Gasteiger partial charge in [-0.2, -0.15) is 0 Å². The van der Waals surface area contributed by atoms with Gasteiger partial charge in [-0.15, -0.1) is 0 Å². The fraction of sp³-hybridized carbons (Fsp3) is 0.625. The molecule has 0 unspecified atom stereocenters. The Bertz CT molecular complexity index is 380. The lowest BCUT2D eigenvalue weighted by molar-refractivity contribution is 0.377. The van der Waals surface area contributed by atoms with E-state index in [1.54, 1.807) is 7.11 Å². The molecule has 0 radical (unpaired) electrons. The topological polar surface area (TPSA) is 21.3 Å². The van der Waals surface area contributed by atoms with Gasteiger partial charge in [0.15, 0.2) is 0 Å². The molecule has 2 heteroatoms. The fourth-order valence-electron chi connectivity index (χ4n) is 2.85. The summed E-state index contributed by atoms with van der Waals surface area (Å²) in [6, 6.07) is 9.66. The Morgan fingerprint density at radius 1 is 1.06 bits per heavy atom. The summed E-state index contributed by atoms with van der Waals surface area (Å²) in [6.07, 6.45) is 5.74. The molecule has 2 aliphatic rings. The van der Waals surface area contributed by atoms with Crippen LogP contribution in [0.15, 0.2) is 24.3 Å². The minimum atomic E-state index is 0.446. The van der Waals surface area contributed by atoms with Crippen LogP contribution < -0.4 is 10.1 Å². The summed E-state index contributed by atoms with van der Waals surface area (Å²) in [5, 5.41) is 3.85. The van der Waals surface area contributed by atoms with E-state index in [1.165, 1.54) is 31.2 Å². The van der Waals surface area contributed by atoms with Crippen molar-refractivity contribution >= 4 is 0 Å².